The number of rotatable bonds is 8. The van der Waals surface area contributed by atoms with Gasteiger partial charge in [-0.2, -0.15) is 0 Å². The lowest BCUT2D eigenvalue weighted by Crippen LogP contribution is -2.05. The van der Waals surface area contributed by atoms with E-state index in [0.717, 1.165) is 18.4 Å². The number of carbonyl (C=O) groups is 2. The Kier molecular flexibility index (Phi) is 7.04. The summed E-state index contributed by atoms with van der Waals surface area (Å²) < 4.78 is 11.0. The van der Waals surface area contributed by atoms with Crippen LogP contribution in [0.15, 0.2) is 71.2 Å². The molecule has 0 bridgehead atoms. The van der Waals surface area contributed by atoms with Crippen molar-refractivity contribution in [3.05, 3.63) is 88.6 Å². The van der Waals surface area contributed by atoms with E-state index in [2.05, 4.69) is 0 Å². The SMILES string of the molecule is CCCCOC(=O)c1ccc(-c2ccc(C=CC(=O)c3ccc(Cl)cc3)o2)cc1. The van der Waals surface area contributed by atoms with Crippen LogP contribution in [-0.2, 0) is 4.74 Å². The number of benzene rings is 2. The number of halogens is 1. The summed E-state index contributed by atoms with van der Waals surface area (Å²) in [5.41, 5.74) is 1.89. The fraction of sp³-hybridized carbons (Fsp3) is 0.167. The Morgan fingerprint density at radius 3 is 2.34 bits per heavy atom. The maximum atomic E-state index is 12.2. The molecule has 0 radical (unpaired) electrons. The lowest BCUT2D eigenvalue weighted by Gasteiger charge is -2.04. The number of hydrogen-bond donors (Lipinski definition) is 0. The zero-order valence-electron chi connectivity index (χ0n) is 16.1. The molecule has 0 spiro atoms. The average Bonchev–Trinajstić information content (AvgIpc) is 3.22. The lowest BCUT2D eigenvalue weighted by atomic mass is 10.1. The fourth-order valence-corrected chi connectivity index (χ4v) is 2.75. The van der Waals surface area contributed by atoms with Gasteiger partial charge in [-0.1, -0.05) is 37.1 Å². The molecule has 1 aromatic heterocycles. The fourth-order valence-electron chi connectivity index (χ4n) is 2.63. The molecule has 3 aromatic rings. The van der Waals surface area contributed by atoms with Crippen LogP contribution in [0.3, 0.4) is 0 Å². The van der Waals surface area contributed by atoms with Gasteiger partial charge in [0.15, 0.2) is 5.78 Å². The standard InChI is InChI=1S/C24H21ClO4/c1-2-3-16-28-24(27)19-6-4-18(5-7-19)23-15-13-21(29-23)12-14-22(26)17-8-10-20(25)11-9-17/h4-15H,2-3,16H2,1H3. The third-order valence-electron chi connectivity index (χ3n) is 4.29. The highest BCUT2D eigenvalue weighted by Gasteiger charge is 2.09. The van der Waals surface area contributed by atoms with Gasteiger partial charge in [0.05, 0.1) is 12.2 Å². The first-order valence-corrected chi connectivity index (χ1v) is 9.80. The molecule has 0 saturated heterocycles. The highest BCUT2D eigenvalue weighted by molar-refractivity contribution is 6.30. The number of allylic oxidation sites excluding steroid dienone is 1. The predicted octanol–water partition coefficient (Wildman–Crippen LogP) is 6.45. The Labute approximate surface area is 174 Å². The maximum absolute atomic E-state index is 12.2. The Hall–Kier alpha value is -3.11. The number of furan rings is 1. The summed E-state index contributed by atoms with van der Waals surface area (Å²) >= 11 is 5.84. The monoisotopic (exact) mass is 408 g/mol. The van der Waals surface area contributed by atoms with E-state index in [1.807, 2.05) is 25.1 Å². The van der Waals surface area contributed by atoms with Crippen LogP contribution >= 0.6 is 11.6 Å². The Morgan fingerprint density at radius 2 is 1.66 bits per heavy atom. The zero-order chi connectivity index (χ0) is 20.6. The molecule has 0 unspecified atom stereocenters. The molecule has 0 aliphatic heterocycles. The summed E-state index contributed by atoms with van der Waals surface area (Å²) in [6, 6.07) is 17.4. The van der Waals surface area contributed by atoms with Crippen molar-refractivity contribution in [2.45, 2.75) is 19.8 Å². The van der Waals surface area contributed by atoms with Gasteiger partial charge in [0.1, 0.15) is 11.5 Å². The molecular formula is C24H21ClO4. The molecule has 1 heterocycles. The van der Waals surface area contributed by atoms with Crippen LogP contribution in [-0.4, -0.2) is 18.4 Å². The van der Waals surface area contributed by atoms with E-state index in [0.29, 0.717) is 34.3 Å². The van der Waals surface area contributed by atoms with Gasteiger partial charge in [-0.25, -0.2) is 4.79 Å². The van der Waals surface area contributed by atoms with E-state index in [9.17, 15) is 9.59 Å². The lowest BCUT2D eigenvalue weighted by molar-refractivity contribution is 0.0499. The van der Waals surface area contributed by atoms with Crippen molar-refractivity contribution in [1.82, 2.24) is 0 Å². The minimum absolute atomic E-state index is 0.134. The Morgan fingerprint density at radius 1 is 0.966 bits per heavy atom. The summed E-state index contributed by atoms with van der Waals surface area (Å²) in [6.07, 6.45) is 4.92. The molecule has 3 rings (SSSR count). The number of unbranched alkanes of at least 4 members (excludes halogenated alkanes) is 1. The van der Waals surface area contributed by atoms with Gasteiger partial charge in [0, 0.05) is 16.1 Å². The topological polar surface area (TPSA) is 56.5 Å². The molecule has 0 aliphatic carbocycles. The van der Waals surface area contributed by atoms with Gasteiger partial charge in [-0.05, 0) is 67.1 Å². The van der Waals surface area contributed by atoms with Crippen LogP contribution in [0.25, 0.3) is 17.4 Å². The summed E-state index contributed by atoms with van der Waals surface area (Å²) in [4.78, 5) is 24.1. The van der Waals surface area contributed by atoms with Gasteiger partial charge < -0.3 is 9.15 Å². The van der Waals surface area contributed by atoms with E-state index < -0.39 is 0 Å². The molecule has 0 amide bonds. The quantitative estimate of drug-likeness (QED) is 0.186. The molecule has 0 aliphatic rings. The molecule has 29 heavy (non-hydrogen) atoms. The second-order valence-electron chi connectivity index (χ2n) is 6.47. The first-order valence-electron chi connectivity index (χ1n) is 9.42. The third-order valence-corrected chi connectivity index (χ3v) is 4.54. The van der Waals surface area contributed by atoms with Gasteiger partial charge in [-0.15, -0.1) is 0 Å². The molecule has 0 fully saturated rings. The second-order valence-corrected chi connectivity index (χ2v) is 6.91. The van der Waals surface area contributed by atoms with Gasteiger partial charge in [0.25, 0.3) is 0 Å². The molecule has 148 valence electrons. The Bertz CT molecular complexity index is 998. The number of hydrogen-bond acceptors (Lipinski definition) is 4. The molecule has 0 saturated carbocycles. The van der Waals surface area contributed by atoms with E-state index in [-0.39, 0.29) is 11.8 Å². The maximum Gasteiger partial charge on any atom is 0.338 e. The van der Waals surface area contributed by atoms with E-state index >= 15 is 0 Å². The largest absolute Gasteiger partial charge is 0.462 e. The van der Waals surface area contributed by atoms with Crippen molar-refractivity contribution in [2.24, 2.45) is 0 Å². The van der Waals surface area contributed by atoms with E-state index in [4.69, 9.17) is 20.8 Å². The predicted molar refractivity (Wildman–Crippen MR) is 114 cm³/mol. The van der Waals surface area contributed by atoms with Crippen LogP contribution < -0.4 is 0 Å². The van der Waals surface area contributed by atoms with Crippen LogP contribution in [0.5, 0.6) is 0 Å². The first-order chi connectivity index (χ1) is 14.1. The molecule has 2 aromatic carbocycles. The number of ketones is 1. The molecule has 0 atom stereocenters. The smallest absolute Gasteiger partial charge is 0.338 e. The highest BCUT2D eigenvalue weighted by atomic mass is 35.5. The molecule has 4 nitrogen and oxygen atoms in total. The van der Waals surface area contributed by atoms with Crippen LogP contribution in [0.2, 0.25) is 5.02 Å². The second kappa shape index (κ2) is 9.89. The van der Waals surface area contributed by atoms with E-state index in [1.165, 1.54) is 6.08 Å². The van der Waals surface area contributed by atoms with Gasteiger partial charge in [0.2, 0.25) is 0 Å². The van der Waals surface area contributed by atoms with Crippen molar-refractivity contribution in [3.63, 3.8) is 0 Å². The van der Waals surface area contributed by atoms with Crippen molar-refractivity contribution in [2.75, 3.05) is 6.61 Å². The number of ether oxygens (including phenoxy) is 1. The minimum atomic E-state index is -0.325. The normalized spacial score (nSPS) is 11.0. The van der Waals surface area contributed by atoms with Crippen molar-refractivity contribution in [3.8, 4) is 11.3 Å². The number of carbonyl (C=O) groups excluding carboxylic acids is 2. The summed E-state index contributed by atoms with van der Waals surface area (Å²) in [7, 11) is 0. The Balaban J connectivity index is 1.64. The summed E-state index contributed by atoms with van der Waals surface area (Å²) in [5, 5.41) is 0.585. The molecule has 0 N–H and O–H groups in total. The van der Waals surface area contributed by atoms with Crippen molar-refractivity contribution < 1.29 is 18.7 Å². The molecule has 5 heteroatoms. The number of esters is 1. The van der Waals surface area contributed by atoms with E-state index in [1.54, 1.807) is 48.5 Å². The van der Waals surface area contributed by atoms with Gasteiger partial charge in [-0.3, -0.25) is 4.79 Å². The van der Waals surface area contributed by atoms with Crippen LogP contribution in [0, 0.1) is 0 Å². The summed E-state index contributed by atoms with van der Waals surface area (Å²) in [5.74, 6) is 0.749. The molecular weight excluding hydrogens is 388 g/mol. The zero-order valence-corrected chi connectivity index (χ0v) is 16.8. The average molecular weight is 409 g/mol. The van der Waals surface area contributed by atoms with Crippen LogP contribution in [0.4, 0.5) is 0 Å². The van der Waals surface area contributed by atoms with Gasteiger partial charge >= 0.3 is 5.97 Å². The van der Waals surface area contributed by atoms with Crippen molar-refractivity contribution in [1.29, 1.82) is 0 Å². The van der Waals surface area contributed by atoms with Crippen molar-refractivity contribution >= 4 is 29.4 Å². The summed E-state index contributed by atoms with van der Waals surface area (Å²) in [6.45, 7) is 2.47. The minimum Gasteiger partial charge on any atom is -0.462 e. The first kappa shape index (κ1) is 20.6. The third kappa shape index (κ3) is 5.69. The highest BCUT2D eigenvalue weighted by Crippen LogP contribution is 2.23. The van der Waals surface area contributed by atoms with Crippen LogP contribution in [0.1, 0.15) is 46.2 Å².